The van der Waals surface area contributed by atoms with Crippen molar-refractivity contribution in [2.75, 3.05) is 11.5 Å². The van der Waals surface area contributed by atoms with Gasteiger partial charge >= 0.3 is 0 Å². The van der Waals surface area contributed by atoms with Crippen LogP contribution in [0.2, 0.25) is 0 Å². The number of hydrazine groups is 1. The second-order valence-corrected chi connectivity index (χ2v) is 3.28. The summed E-state index contributed by atoms with van der Waals surface area (Å²) in [7, 11) is 0. The van der Waals surface area contributed by atoms with Crippen molar-refractivity contribution in [2.24, 2.45) is 5.84 Å². The summed E-state index contributed by atoms with van der Waals surface area (Å²) in [6.07, 6.45) is 2.47. The first-order valence-corrected chi connectivity index (χ1v) is 4.13. The number of hydrogen-bond donors (Lipinski definition) is 2. The van der Waals surface area contributed by atoms with Crippen molar-refractivity contribution in [2.45, 2.75) is 18.9 Å². The fraction of sp³-hybridized carbons (Fsp3) is 1.00. The van der Waals surface area contributed by atoms with Crippen LogP contribution in [0.3, 0.4) is 0 Å². The zero-order chi connectivity index (χ0) is 5.82. The Hall–Kier alpha value is 0.850. The van der Waals surface area contributed by atoms with Gasteiger partial charge < -0.3 is 0 Å². The topological polar surface area (TPSA) is 38.0 Å². The quantitative estimate of drug-likeness (QED) is 0.498. The first-order chi connectivity index (χ1) is 3.93. The minimum atomic E-state index is 0. The van der Waals surface area contributed by atoms with E-state index in [2.05, 4.69) is 5.43 Å². The molecule has 0 aromatic carbocycles. The summed E-state index contributed by atoms with van der Waals surface area (Å²) >= 11 is 2.02. The molecule has 0 spiro atoms. The van der Waals surface area contributed by atoms with E-state index in [4.69, 9.17) is 5.84 Å². The van der Waals surface area contributed by atoms with Crippen LogP contribution in [0, 0.1) is 0 Å². The van der Waals surface area contributed by atoms with E-state index in [9.17, 15) is 0 Å². The molecule has 3 N–H and O–H groups in total. The fourth-order valence-corrected chi connectivity index (χ4v) is 1.97. The first kappa shape index (κ1) is 13.4. The maximum absolute atomic E-state index is 5.24. The highest BCUT2D eigenvalue weighted by atomic mass is 35.5. The van der Waals surface area contributed by atoms with Crippen LogP contribution in [0.4, 0.5) is 0 Å². The summed E-state index contributed by atoms with van der Waals surface area (Å²) in [5.41, 5.74) is 2.79. The Kier molecular flexibility index (Phi) is 10.7. The normalized spacial score (nSPS) is 18.9. The Morgan fingerprint density at radius 2 is 1.70 bits per heavy atom. The molecular weight excluding hydrogens is 191 g/mol. The average Bonchev–Trinajstić information content (AvgIpc) is 1.90. The van der Waals surface area contributed by atoms with E-state index >= 15 is 0 Å². The van der Waals surface area contributed by atoms with Gasteiger partial charge in [-0.05, 0) is 24.3 Å². The maximum Gasteiger partial charge on any atom is 0.0226 e. The highest BCUT2D eigenvalue weighted by molar-refractivity contribution is 7.99. The van der Waals surface area contributed by atoms with E-state index in [-0.39, 0.29) is 24.8 Å². The van der Waals surface area contributed by atoms with E-state index in [1.807, 2.05) is 11.8 Å². The summed E-state index contributed by atoms with van der Waals surface area (Å²) in [5, 5.41) is 0. The molecule has 1 aliphatic heterocycles. The maximum atomic E-state index is 5.24. The molecule has 0 saturated carbocycles. The molecule has 0 atom stereocenters. The van der Waals surface area contributed by atoms with Crippen LogP contribution in [0.25, 0.3) is 0 Å². The minimum absolute atomic E-state index is 0. The molecule has 1 saturated heterocycles. The third kappa shape index (κ3) is 4.63. The van der Waals surface area contributed by atoms with Gasteiger partial charge in [0.2, 0.25) is 0 Å². The molecule has 64 valence electrons. The summed E-state index contributed by atoms with van der Waals surface area (Å²) in [5.74, 6) is 7.79. The summed E-state index contributed by atoms with van der Waals surface area (Å²) < 4.78 is 0. The Morgan fingerprint density at radius 1 is 1.20 bits per heavy atom. The van der Waals surface area contributed by atoms with Gasteiger partial charge in [-0.2, -0.15) is 11.8 Å². The van der Waals surface area contributed by atoms with E-state index < -0.39 is 0 Å². The third-order valence-electron chi connectivity index (χ3n) is 1.46. The van der Waals surface area contributed by atoms with Crippen molar-refractivity contribution in [1.82, 2.24) is 5.43 Å². The van der Waals surface area contributed by atoms with Gasteiger partial charge in [0.25, 0.3) is 0 Å². The van der Waals surface area contributed by atoms with E-state index in [1.54, 1.807) is 0 Å². The molecule has 10 heavy (non-hydrogen) atoms. The lowest BCUT2D eigenvalue weighted by Crippen LogP contribution is -2.37. The van der Waals surface area contributed by atoms with E-state index in [1.165, 1.54) is 24.3 Å². The first-order valence-electron chi connectivity index (χ1n) is 2.97. The van der Waals surface area contributed by atoms with Crippen molar-refractivity contribution in [3.8, 4) is 0 Å². The van der Waals surface area contributed by atoms with Gasteiger partial charge in [0, 0.05) is 6.04 Å². The molecular formula is C5H14Cl2N2S. The lowest BCUT2D eigenvalue weighted by Gasteiger charge is -2.19. The third-order valence-corrected chi connectivity index (χ3v) is 2.51. The molecule has 1 heterocycles. The van der Waals surface area contributed by atoms with Gasteiger partial charge in [-0.25, -0.2) is 0 Å². The Balaban J connectivity index is 0. The summed E-state index contributed by atoms with van der Waals surface area (Å²) in [6.45, 7) is 0. The Morgan fingerprint density at radius 3 is 2.00 bits per heavy atom. The standard InChI is InChI=1S/C5H12N2S.2ClH/c6-7-5-1-3-8-4-2-5;;/h5,7H,1-4,6H2;2*1H. The molecule has 0 aromatic rings. The number of nitrogens with two attached hydrogens (primary N) is 1. The van der Waals surface area contributed by atoms with Crippen LogP contribution in [-0.4, -0.2) is 17.5 Å². The predicted molar refractivity (Wildman–Crippen MR) is 52.2 cm³/mol. The smallest absolute Gasteiger partial charge is 0.0226 e. The lowest BCUT2D eigenvalue weighted by molar-refractivity contribution is 0.498. The van der Waals surface area contributed by atoms with Crippen molar-refractivity contribution < 1.29 is 0 Å². The molecule has 1 rings (SSSR count). The molecule has 1 fully saturated rings. The van der Waals surface area contributed by atoms with Gasteiger partial charge in [-0.1, -0.05) is 0 Å². The van der Waals surface area contributed by atoms with Gasteiger partial charge in [0.15, 0.2) is 0 Å². The van der Waals surface area contributed by atoms with Gasteiger partial charge in [-0.15, -0.1) is 24.8 Å². The van der Waals surface area contributed by atoms with Gasteiger partial charge in [0.1, 0.15) is 0 Å². The molecule has 1 aliphatic rings. The van der Waals surface area contributed by atoms with Crippen LogP contribution >= 0.6 is 36.6 Å². The van der Waals surface area contributed by atoms with Crippen molar-refractivity contribution in [3.63, 3.8) is 0 Å². The van der Waals surface area contributed by atoms with E-state index in [0.717, 1.165) is 0 Å². The van der Waals surface area contributed by atoms with Crippen LogP contribution in [0.1, 0.15) is 12.8 Å². The monoisotopic (exact) mass is 204 g/mol. The Bertz CT molecular complexity index is 68.7. The molecule has 2 nitrogen and oxygen atoms in total. The second-order valence-electron chi connectivity index (χ2n) is 2.05. The molecule has 0 bridgehead atoms. The number of rotatable bonds is 1. The van der Waals surface area contributed by atoms with Gasteiger partial charge in [-0.3, -0.25) is 11.3 Å². The predicted octanol–water partition coefficient (Wildman–Crippen LogP) is 1.19. The highest BCUT2D eigenvalue weighted by Gasteiger charge is 2.10. The molecule has 0 unspecified atom stereocenters. The van der Waals surface area contributed by atoms with Crippen LogP contribution in [-0.2, 0) is 0 Å². The van der Waals surface area contributed by atoms with Crippen LogP contribution in [0.5, 0.6) is 0 Å². The van der Waals surface area contributed by atoms with Crippen LogP contribution < -0.4 is 11.3 Å². The van der Waals surface area contributed by atoms with Crippen LogP contribution in [0.15, 0.2) is 0 Å². The number of nitrogens with one attached hydrogen (secondary N) is 1. The fourth-order valence-electron chi connectivity index (χ4n) is 0.864. The Labute approximate surface area is 78.5 Å². The molecule has 0 aromatic heterocycles. The molecule has 5 heteroatoms. The minimum Gasteiger partial charge on any atom is -0.271 e. The molecule has 0 amide bonds. The number of thioether (sulfide) groups is 1. The molecule has 0 aliphatic carbocycles. The van der Waals surface area contributed by atoms with Gasteiger partial charge in [0.05, 0.1) is 0 Å². The largest absolute Gasteiger partial charge is 0.271 e. The van der Waals surface area contributed by atoms with E-state index in [0.29, 0.717) is 6.04 Å². The lowest BCUT2D eigenvalue weighted by atomic mass is 10.2. The SMILES string of the molecule is Cl.Cl.NNC1CCSCC1. The second kappa shape index (κ2) is 7.95. The number of hydrogen-bond acceptors (Lipinski definition) is 3. The average molecular weight is 205 g/mol. The summed E-state index contributed by atoms with van der Waals surface area (Å²) in [4.78, 5) is 0. The summed E-state index contributed by atoms with van der Waals surface area (Å²) in [6, 6.07) is 0.594. The zero-order valence-corrected chi connectivity index (χ0v) is 8.16. The van der Waals surface area contributed by atoms with Crippen molar-refractivity contribution in [3.05, 3.63) is 0 Å². The number of halogens is 2. The van der Waals surface area contributed by atoms with Crippen molar-refractivity contribution >= 4 is 36.6 Å². The zero-order valence-electron chi connectivity index (χ0n) is 5.71. The molecule has 0 radical (unpaired) electrons. The highest BCUT2D eigenvalue weighted by Crippen LogP contribution is 2.15. The van der Waals surface area contributed by atoms with Crippen molar-refractivity contribution in [1.29, 1.82) is 0 Å².